The Morgan fingerprint density at radius 2 is 1.75 bits per heavy atom. The Morgan fingerprint density at radius 3 is 2.38 bits per heavy atom. The molecule has 4 nitrogen and oxygen atoms in total. The van der Waals surface area contributed by atoms with Crippen molar-refractivity contribution < 1.29 is 12.8 Å². The molecule has 0 saturated heterocycles. The predicted molar refractivity (Wildman–Crippen MR) is 91.6 cm³/mol. The van der Waals surface area contributed by atoms with Gasteiger partial charge in [-0.1, -0.05) is 30.3 Å². The second-order valence-corrected chi connectivity index (χ2v) is 7.00. The number of rotatable bonds is 4. The van der Waals surface area contributed by atoms with Crippen LogP contribution in [0.2, 0.25) is 0 Å². The molecule has 0 aliphatic heterocycles. The van der Waals surface area contributed by atoms with Crippen molar-refractivity contribution in [2.24, 2.45) is 0 Å². The van der Waals surface area contributed by atoms with E-state index in [4.69, 9.17) is 0 Å². The summed E-state index contributed by atoms with van der Waals surface area (Å²) < 4.78 is 40.5. The molecule has 0 aliphatic carbocycles. The molecule has 0 unspecified atom stereocenters. The highest BCUT2D eigenvalue weighted by Crippen LogP contribution is 2.21. The number of aromatic nitrogens is 1. The molecule has 0 atom stereocenters. The van der Waals surface area contributed by atoms with Gasteiger partial charge in [-0.15, -0.1) is 0 Å². The number of hydrogen-bond donors (Lipinski definition) is 1. The Labute approximate surface area is 140 Å². The number of anilines is 1. The summed E-state index contributed by atoms with van der Waals surface area (Å²) in [6.07, 6.45) is 1.45. The van der Waals surface area contributed by atoms with Crippen molar-refractivity contribution in [3.05, 3.63) is 78.2 Å². The Bertz CT molecular complexity index is 956. The van der Waals surface area contributed by atoms with E-state index in [2.05, 4.69) is 9.71 Å². The highest BCUT2D eigenvalue weighted by molar-refractivity contribution is 7.92. The maximum Gasteiger partial charge on any atom is 0.261 e. The van der Waals surface area contributed by atoms with Gasteiger partial charge in [-0.25, -0.2) is 12.8 Å². The van der Waals surface area contributed by atoms with Crippen molar-refractivity contribution >= 4 is 15.7 Å². The van der Waals surface area contributed by atoms with Crippen LogP contribution in [0.15, 0.2) is 71.8 Å². The van der Waals surface area contributed by atoms with E-state index < -0.39 is 15.8 Å². The van der Waals surface area contributed by atoms with Crippen LogP contribution in [0.3, 0.4) is 0 Å². The van der Waals surface area contributed by atoms with Crippen molar-refractivity contribution in [3.63, 3.8) is 0 Å². The summed E-state index contributed by atoms with van der Waals surface area (Å²) in [5.74, 6) is -0.442. The Balaban J connectivity index is 1.84. The molecule has 24 heavy (non-hydrogen) atoms. The zero-order valence-electron chi connectivity index (χ0n) is 12.9. The summed E-state index contributed by atoms with van der Waals surface area (Å²) in [7, 11) is -3.79. The zero-order valence-corrected chi connectivity index (χ0v) is 13.7. The average Bonchev–Trinajstić information content (AvgIpc) is 2.58. The minimum atomic E-state index is -3.79. The predicted octanol–water partition coefficient (Wildman–Crippen LogP) is 4.00. The van der Waals surface area contributed by atoms with Gasteiger partial charge in [0.05, 0.1) is 22.5 Å². The number of nitrogens with one attached hydrogen (secondary N) is 1. The molecule has 0 amide bonds. The third kappa shape index (κ3) is 3.44. The van der Waals surface area contributed by atoms with Gasteiger partial charge in [0.1, 0.15) is 5.82 Å². The molecule has 3 aromatic rings. The average molecular weight is 342 g/mol. The third-order valence-electron chi connectivity index (χ3n) is 3.52. The van der Waals surface area contributed by atoms with Crippen LogP contribution in [-0.4, -0.2) is 13.4 Å². The number of pyridine rings is 1. The molecule has 122 valence electrons. The fourth-order valence-electron chi connectivity index (χ4n) is 2.23. The maximum absolute atomic E-state index is 13.3. The molecule has 6 heteroatoms. The fourth-order valence-corrected chi connectivity index (χ4v) is 3.36. The lowest BCUT2D eigenvalue weighted by Crippen LogP contribution is -2.13. The van der Waals surface area contributed by atoms with E-state index in [9.17, 15) is 12.8 Å². The topological polar surface area (TPSA) is 59.1 Å². The molecule has 3 rings (SSSR count). The van der Waals surface area contributed by atoms with Gasteiger partial charge in [-0.3, -0.25) is 9.71 Å². The first-order chi connectivity index (χ1) is 11.5. The van der Waals surface area contributed by atoms with Gasteiger partial charge >= 0.3 is 0 Å². The summed E-state index contributed by atoms with van der Waals surface area (Å²) in [5.41, 5.74) is 2.31. The number of nitrogens with zero attached hydrogens (tertiary/aromatic N) is 1. The number of hydrogen-bond acceptors (Lipinski definition) is 3. The number of halogens is 1. The number of benzene rings is 2. The van der Waals surface area contributed by atoms with Crippen LogP contribution in [-0.2, 0) is 10.0 Å². The molecule has 0 radical (unpaired) electrons. The smallest absolute Gasteiger partial charge is 0.261 e. The van der Waals surface area contributed by atoms with Gasteiger partial charge < -0.3 is 0 Å². The van der Waals surface area contributed by atoms with Crippen LogP contribution in [0.4, 0.5) is 10.1 Å². The zero-order chi connectivity index (χ0) is 17.2. The number of aryl methyl sites for hydroxylation is 1. The Morgan fingerprint density at radius 1 is 1.00 bits per heavy atom. The summed E-state index contributed by atoms with van der Waals surface area (Å²) >= 11 is 0. The minimum Gasteiger partial charge on any atom is -0.278 e. The van der Waals surface area contributed by atoms with Crippen LogP contribution in [0, 0.1) is 12.7 Å². The van der Waals surface area contributed by atoms with Crippen LogP contribution < -0.4 is 4.72 Å². The molecular formula is C18H15FN2O2S. The molecule has 1 N–H and O–H groups in total. The summed E-state index contributed by atoms with van der Waals surface area (Å²) in [6.45, 7) is 1.52. The van der Waals surface area contributed by atoms with Crippen LogP contribution in [0.25, 0.3) is 11.3 Å². The number of sulfonamides is 1. The molecule has 0 aliphatic rings. The molecule has 2 aromatic carbocycles. The van der Waals surface area contributed by atoms with E-state index in [-0.39, 0.29) is 10.5 Å². The Kier molecular flexibility index (Phi) is 4.31. The first kappa shape index (κ1) is 16.1. The van der Waals surface area contributed by atoms with Crippen molar-refractivity contribution in [2.75, 3.05) is 4.72 Å². The van der Waals surface area contributed by atoms with E-state index in [1.165, 1.54) is 25.3 Å². The molecule has 0 spiro atoms. The monoisotopic (exact) mass is 342 g/mol. The van der Waals surface area contributed by atoms with E-state index >= 15 is 0 Å². The van der Waals surface area contributed by atoms with Crippen LogP contribution >= 0.6 is 0 Å². The fraction of sp³-hybridized carbons (Fsp3) is 0.0556. The van der Waals surface area contributed by atoms with Gasteiger partial charge in [-0.05, 0) is 42.8 Å². The van der Waals surface area contributed by atoms with Gasteiger partial charge in [-0.2, -0.15) is 0 Å². The van der Waals surface area contributed by atoms with Gasteiger partial charge in [0.15, 0.2) is 0 Å². The second-order valence-electron chi connectivity index (χ2n) is 5.31. The lowest BCUT2D eigenvalue weighted by atomic mass is 10.1. The molecule has 1 heterocycles. The summed E-state index contributed by atoms with van der Waals surface area (Å²) in [6, 6.07) is 16.6. The molecule has 0 saturated carbocycles. The molecule has 0 bridgehead atoms. The van der Waals surface area contributed by atoms with Crippen molar-refractivity contribution in [3.8, 4) is 11.3 Å². The highest BCUT2D eigenvalue weighted by Gasteiger charge is 2.15. The normalized spacial score (nSPS) is 11.2. The van der Waals surface area contributed by atoms with Gasteiger partial charge in [0.25, 0.3) is 10.0 Å². The lowest BCUT2D eigenvalue weighted by Gasteiger charge is -2.09. The summed E-state index contributed by atoms with van der Waals surface area (Å²) in [5, 5.41) is 0. The summed E-state index contributed by atoms with van der Waals surface area (Å²) in [4.78, 5) is 4.28. The first-order valence-corrected chi connectivity index (χ1v) is 8.74. The van der Waals surface area contributed by atoms with E-state index in [1.54, 1.807) is 12.1 Å². The third-order valence-corrected chi connectivity index (χ3v) is 4.90. The first-order valence-electron chi connectivity index (χ1n) is 7.26. The second kappa shape index (κ2) is 6.41. The van der Waals surface area contributed by atoms with E-state index in [1.807, 2.05) is 30.3 Å². The van der Waals surface area contributed by atoms with Crippen molar-refractivity contribution in [1.29, 1.82) is 0 Å². The largest absolute Gasteiger partial charge is 0.278 e. The SMILES string of the molecule is Cc1cc(S(=O)(=O)Nc2ccc(-c3ccccc3)nc2)ccc1F. The standard InChI is InChI=1S/C18H15FN2O2S/c1-13-11-16(8-9-17(13)19)24(22,23)21-15-7-10-18(20-12-15)14-5-3-2-4-6-14/h2-12,21H,1H3. The van der Waals surface area contributed by atoms with E-state index in [0.29, 0.717) is 5.69 Å². The highest BCUT2D eigenvalue weighted by atomic mass is 32.2. The van der Waals surface area contributed by atoms with Gasteiger partial charge in [0, 0.05) is 5.56 Å². The van der Waals surface area contributed by atoms with E-state index in [0.717, 1.165) is 17.3 Å². The quantitative estimate of drug-likeness (QED) is 0.780. The molecule has 0 fully saturated rings. The Hall–Kier alpha value is -2.73. The maximum atomic E-state index is 13.3. The van der Waals surface area contributed by atoms with Gasteiger partial charge in [0.2, 0.25) is 0 Å². The van der Waals surface area contributed by atoms with Crippen molar-refractivity contribution in [2.45, 2.75) is 11.8 Å². The molecular weight excluding hydrogens is 327 g/mol. The van der Waals surface area contributed by atoms with Crippen LogP contribution in [0.5, 0.6) is 0 Å². The minimum absolute atomic E-state index is 0.00790. The lowest BCUT2D eigenvalue weighted by molar-refractivity contribution is 0.598. The van der Waals surface area contributed by atoms with Crippen molar-refractivity contribution in [1.82, 2.24) is 4.98 Å². The molecule has 1 aromatic heterocycles. The van der Waals surface area contributed by atoms with Crippen LogP contribution in [0.1, 0.15) is 5.56 Å².